The van der Waals surface area contributed by atoms with Gasteiger partial charge in [-0.1, -0.05) is 48.5 Å². The molecule has 0 fully saturated rings. The largest absolute Gasteiger partial charge is 0.480 e. The van der Waals surface area contributed by atoms with E-state index in [-0.39, 0.29) is 32.1 Å². The fourth-order valence-corrected chi connectivity index (χ4v) is 4.82. The molecule has 3 aromatic rings. The monoisotopic (exact) mass is 607 g/mol. The molecule has 1 heterocycles. The van der Waals surface area contributed by atoms with Crippen molar-refractivity contribution in [1.82, 2.24) is 20.9 Å². The number of unbranched alkanes of at least 4 members (excludes halogenated alkanes) is 1. The standard InChI is InChI=1S/C31H41N7O6/c32-15-7-6-12-24(29(41)38-26(31(43)44)17-20-18-35-23-11-5-4-10-21(20)23)37-30(42)25(13-14-27(34)39)36-28(40)22(33)16-19-8-2-1-3-9-19/h1-5,8-11,18,22,24-26,35H,6-7,12-17,32-33H2,(H2,34,39)(H,36,40)(H,37,42)(H,38,41)(H,43,44). The average molecular weight is 608 g/mol. The van der Waals surface area contributed by atoms with E-state index >= 15 is 0 Å². The Balaban J connectivity index is 1.73. The van der Waals surface area contributed by atoms with Gasteiger partial charge in [0.15, 0.2) is 0 Å². The minimum atomic E-state index is -1.28. The number of carbonyl (C=O) groups excluding carboxylic acids is 4. The number of H-pyrrole nitrogens is 1. The van der Waals surface area contributed by atoms with E-state index in [1.54, 1.807) is 6.20 Å². The molecule has 44 heavy (non-hydrogen) atoms. The number of fused-ring (bicyclic) bond motifs is 1. The normalized spacial score (nSPS) is 13.8. The highest BCUT2D eigenvalue weighted by atomic mass is 16.4. The number of amides is 4. The minimum absolute atomic E-state index is 0.00511. The molecule has 13 heteroatoms. The van der Waals surface area contributed by atoms with Gasteiger partial charge in [-0.25, -0.2) is 4.79 Å². The van der Waals surface area contributed by atoms with Crippen molar-refractivity contribution in [3.8, 4) is 0 Å². The average Bonchev–Trinajstić information content (AvgIpc) is 3.41. The van der Waals surface area contributed by atoms with Crippen LogP contribution in [0.2, 0.25) is 0 Å². The number of aromatic amines is 1. The molecule has 4 atom stereocenters. The first-order valence-electron chi connectivity index (χ1n) is 14.6. The first kappa shape index (κ1) is 33.7. The number of carbonyl (C=O) groups is 5. The Morgan fingerprint density at radius 1 is 0.773 bits per heavy atom. The Kier molecular flexibility index (Phi) is 12.9. The third-order valence-corrected chi connectivity index (χ3v) is 7.24. The zero-order valence-electron chi connectivity index (χ0n) is 24.5. The van der Waals surface area contributed by atoms with Gasteiger partial charge in [0.2, 0.25) is 23.6 Å². The summed E-state index contributed by atoms with van der Waals surface area (Å²) in [4.78, 5) is 66.4. The first-order valence-corrected chi connectivity index (χ1v) is 14.6. The SMILES string of the molecule is NCCCCC(NC(=O)C(CCC(N)=O)NC(=O)C(N)Cc1ccccc1)C(=O)NC(Cc1c[nH]c2ccccc12)C(=O)O. The van der Waals surface area contributed by atoms with Gasteiger partial charge in [0.05, 0.1) is 6.04 Å². The molecular formula is C31H41N7O6. The zero-order chi connectivity index (χ0) is 32.1. The van der Waals surface area contributed by atoms with Crippen LogP contribution in [0, 0.1) is 0 Å². The summed E-state index contributed by atoms with van der Waals surface area (Å²) in [5.41, 5.74) is 19.4. The molecular weight excluding hydrogens is 566 g/mol. The lowest BCUT2D eigenvalue weighted by Gasteiger charge is -2.25. The molecule has 3 rings (SSSR count). The van der Waals surface area contributed by atoms with Gasteiger partial charge in [0.25, 0.3) is 0 Å². The van der Waals surface area contributed by atoms with Gasteiger partial charge in [-0.2, -0.15) is 0 Å². The van der Waals surface area contributed by atoms with Crippen molar-refractivity contribution in [2.75, 3.05) is 6.54 Å². The number of benzene rings is 2. The number of carboxylic acids is 1. The Labute approximate surface area is 255 Å². The van der Waals surface area contributed by atoms with E-state index in [0.29, 0.717) is 24.9 Å². The molecule has 0 bridgehead atoms. The van der Waals surface area contributed by atoms with Crippen LogP contribution in [-0.2, 0) is 36.8 Å². The van der Waals surface area contributed by atoms with E-state index in [4.69, 9.17) is 17.2 Å². The zero-order valence-corrected chi connectivity index (χ0v) is 24.5. The van der Waals surface area contributed by atoms with Crippen LogP contribution in [0.4, 0.5) is 0 Å². The van der Waals surface area contributed by atoms with Crippen LogP contribution in [0.5, 0.6) is 0 Å². The van der Waals surface area contributed by atoms with Crippen molar-refractivity contribution in [1.29, 1.82) is 0 Å². The predicted molar refractivity (Wildman–Crippen MR) is 165 cm³/mol. The molecule has 0 spiro atoms. The predicted octanol–water partition coefficient (Wildman–Crippen LogP) is 0.214. The number of rotatable bonds is 18. The van der Waals surface area contributed by atoms with Crippen LogP contribution in [0.25, 0.3) is 10.9 Å². The second-order valence-electron chi connectivity index (χ2n) is 10.7. The van der Waals surface area contributed by atoms with Crippen LogP contribution in [0.3, 0.4) is 0 Å². The number of primary amides is 1. The highest BCUT2D eigenvalue weighted by Gasteiger charge is 2.31. The summed E-state index contributed by atoms with van der Waals surface area (Å²) in [5, 5.41) is 18.5. The lowest BCUT2D eigenvalue weighted by atomic mass is 10.0. The lowest BCUT2D eigenvalue weighted by molar-refractivity contribution is -0.142. The topological polar surface area (TPSA) is 236 Å². The minimum Gasteiger partial charge on any atom is -0.480 e. The maximum atomic E-state index is 13.4. The van der Waals surface area contributed by atoms with Crippen LogP contribution < -0.4 is 33.2 Å². The van der Waals surface area contributed by atoms with Crippen molar-refractivity contribution >= 4 is 40.5 Å². The van der Waals surface area contributed by atoms with E-state index in [0.717, 1.165) is 16.5 Å². The summed E-state index contributed by atoms with van der Waals surface area (Å²) in [6.07, 6.45) is 2.78. The molecule has 236 valence electrons. The Morgan fingerprint density at radius 3 is 2.05 bits per heavy atom. The van der Waals surface area contributed by atoms with Gasteiger partial charge in [-0.3, -0.25) is 19.2 Å². The maximum absolute atomic E-state index is 13.4. The Bertz CT molecular complexity index is 1430. The summed E-state index contributed by atoms with van der Waals surface area (Å²) in [6.45, 7) is 0.358. The van der Waals surface area contributed by atoms with Gasteiger partial charge >= 0.3 is 5.97 Å². The molecule has 1 aromatic heterocycles. The quantitative estimate of drug-likeness (QED) is 0.0929. The summed E-state index contributed by atoms with van der Waals surface area (Å²) in [6, 6.07) is 11.9. The molecule has 11 N–H and O–H groups in total. The molecule has 13 nitrogen and oxygen atoms in total. The van der Waals surface area contributed by atoms with E-state index < -0.39 is 53.8 Å². The van der Waals surface area contributed by atoms with E-state index in [9.17, 15) is 29.1 Å². The van der Waals surface area contributed by atoms with Crippen LogP contribution in [-0.4, -0.2) is 70.4 Å². The molecule has 0 radical (unpaired) electrons. The summed E-state index contributed by atoms with van der Waals surface area (Å²) in [5.74, 6) is -3.97. The summed E-state index contributed by atoms with van der Waals surface area (Å²) < 4.78 is 0. The molecule has 0 aliphatic carbocycles. The Hall–Kier alpha value is -4.75. The molecule has 4 amide bonds. The fourth-order valence-electron chi connectivity index (χ4n) is 4.82. The second kappa shape index (κ2) is 16.8. The van der Waals surface area contributed by atoms with Crippen LogP contribution >= 0.6 is 0 Å². The number of nitrogens with one attached hydrogen (secondary N) is 4. The van der Waals surface area contributed by atoms with Gasteiger partial charge in [0, 0.05) is 29.9 Å². The van der Waals surface area contributed by atoms with Gasteiger partial charge in [0.1, 0.15) is 18.1 Å². The highest BCUT2D eigenvalue weighted by Crippen LogP contribution is 2.19. The maximum Gasteiger partial charge on any atom is 0.326 e. The fraction of sp³-hybridized carbons (Fsp3) is 0.387. The lowest BCUT2D eigenvalue weighted by Crippen LogP contribution is -2.57. The van der Waals surface area contributed by atoms with Crippen molar-refractivity contribution < 1.29 is 29.1 Å². The van der Waals surface area contributed by atoms with Gasteiger partial charge in [-0.05, 0) is 55.8 Å². The first-order chi connectivity index (χ1) is 21.1. The number of aliphatic carboxylic acids is 1. The smallest absolute Gasteiger partial charge is 0.326 e. The van der Waals surface area contributed by atoms with Crippen LogP contribution in [0.1, 0.15) is 43.2 Å². The molecule has 0 saturated carbocycles. The van der Waals surface area contributed by atoms with Gasteiger partial charge < -0.3 is 43.2 Å². The van der Waals surface area contributed by atoms with Crippen molar-refractivity contribution in [2.45, 2.75) is 69.1 Å². The third-order valence-electron chi connectivity index (χ3n) is 7.24. The van der Waals surface area contributed by atoms with E-state index in [1.165, 1.54) is 0 Å². The third kappa shape index (κ3) is 10.2. The molecule has 0 aliphatic heterocycles. The van der Waals surface area contributed by atoms with E-state index in [1.807, 2.05) is 54.6 Å². The van der Waals surface area contributed by atoms with Crippen LogP contribution in [0.15, 0.2) is 60.8 Å². The number of hydrogen-bond acceptors (Lipinski definition) is 7. The number of carboxylic acid groups (broad SMARTS) is 1. The van der Waals surface area contributed by atoms with E-state index in [2.05, 4.69) is 20.9 Å². The van der Waals surface area contributed by atoms with Gasteiger partial charge in [-0.15, -0.1) is 0 Å². The van der Waals surface area contributed by atoms with Crippen molar-refractivity contribution in [3.63, 3.8) is 0 Å². The molecule has 0 aliphatic rings. The molecule has 2 aromatic carbocycles. The van der Waals surface area contributed by atoms with Crippen molar-refractivity contribution in [2.24, 2.45) is 17.2 Å². The number of aromatic nitrogens is 1. The molecule has 4 unspecified atom stereocenters. The number of nitrogens with two attached hydrogens (primary N) is 3. The second-order valence-corrected chi connectivity index (χ2v) is 10.7. The number of para-hydroxylation sites is 1. The molecule has 0 saturated heterocycles. The summed E-state index contributed by atoms with van der Waals surface area (Å²) in [7, 11) is 0. The van der Waals surface area contributed by atoms with Crippen molar-refractivity contribution in [3.05, 3.63) is 71.9 Å². The Morgan fingerprint density at radius 2 is 1.39 bits per heavy atom. The highest BCUT2D eigenvalue weighted by molar-refractivity contribution is 5.94. The number of hydrogen-bond donors (Lipinski definition) is 8. The summed E-state index contributed by atoms with van der Waals surface area (Å²) >= 11 is 0.